The average Bonchev–Trinajstić information content (AvgIpc) is 2.76. The fourth-order valence-corrected chi connectivity index (χ4v) is 7.61. The lowest BCUT2D eigenvalue weighted by Crippen LogP contribution is -2.59. The lowest BCUT2D eigenvalue weighted by Gasteiger charge is -2.56. The predicted molar refractivity (Wildman–Crippen MR) is 124 cm³/mol. The third-order valence-electron chi connectivity index (χ3n) is 7.10. The second-order valence-electron chi connectivity index (χ2n) is 9.37. The summed E-state index contributed by atoms with van der Waals surface area (Å²) >= 11 is 6.26. The maximum absolute atomic E-state index is 13.5. The summed E-state index contributed by atoms with van der Waals surface area (Å²) in [5, 5.41) is 1.98. The molecule has 5 rings (SSSR count). The number of anilines is 1. The molecule has 2 aromatic rings. The Kier molecular flexibility index (Phi) is 6.55. The Balaban J connectivity index is 1.54. The molecule has 0 heterocycles. The molecule has 1 N–H and O–H groups in total. The third-order valence-corrected chi connectivity index (χ3v) is 9.76. The summed E-state index contributed by atoms with van der Waals surface area (Å²) in [5.74, 6) is -2.10. The molecule has 0 saturated heterocycles. The van der Waals surface area contributed by atoms with Crippen molar-refractivity contribution in [1.29, 1.82) is 0 Å². The van der Waals surface area contributed by atoms with Crippen molar-refractivity contribution in [1.82, 2.24) is 4.90 Å². The van der Waals surface area contributed by atoms with Crippen LogP contribution in [0.1, 0.15) is 43.5 Å². The minimum absolute atomic E-state index is 0.0611. The van der Waals surface area contributed by atoms with Crippen LogP contribution in [0, 0.1) is 23.5 Å². The number of halogens is 3. The number of hydrogen-bond acceptors (Lipinski definition) is 4. The van der Waals surface area contributed by atoms with Gasteiger partial charge >= 0.3 is 0 Å². The van der Waals surface area contributed by atoms with Crippen molar-refractivity contribution in [3.63, 3.8) is 0 Å². The molecule has 9 heteroatoms. The topological polar surface area (TPSA) is 66.5 Å². The van der Waals surface area contributed by atoms with Crippen LogP contribution in [-0.4, -0.2) is 43.6 Å². The molecule has 0 spiro atoms. The van der Waals surface area contributed by atoms with Gasteiger partial charge in [-0.3, -0.25) is 4.79 Å². The number of benzene rings is 2. The number of rotatable bonds is 6. The molecule has 3 aliphatic rings. The normalized spacial score (nSPS) is 24.6. The van der Waals surface area contributed by atoms with Gasteiger partial charge in [-0.2, -0.15) is 0 Å². The predicted octanol–water partition coefficient (Wildman–Crippen LogP) is 5.15. The first-order valence-corrected chi connectivity index (χ1v) is 12.9. The van der Waals surface area contributed by atoms with Gasteiger partial charge in [-0.25, -0.2) is 17.2 Å². The van der Waals surface area contributed by atoms with Gasteiger partial charge in [-0.1, -0.05) is 11.6 Å². The molecule has 33 heavy (non-hydrogen) atoms. The molecular formula is C24H27ClF2N2O3S. The smallest absolute Gasteiger partial charge is 0.255 e. The van der Waals surface area contributed by atoms with Gasteiger partial charge in [0.25, 0.3) is 5.91 Å². The van der Waals surface area contributed by atoms with Gasteiger partial charge in [0.1, 0.15) is 0 Å². The molecule has 178 valence electrons. The van der Waals surface area contributed by atoms with Gasteiger partial charge in [0, 0.05) is 29.4 Å². The summed E-state index contributed by atoms with van der Waals surface area (Å²) in [5.41, 5.74) is 0.132. The first-order valence-electron chi connectivity index (χ1n) is 11.0. The summed E-state index contributed by atoms with van der Waals surface area (Å²) < 4.78 is 53.5. The van der Waals surface area contributed by atoms with E-state index < -0.39 is 32.6 Å². The van der Waals surface area contributed by atoms with E-state index in [-0.39, 0.29) is 21.2 Å². The summed E-state index contributed by atoms with van der Waals surface area (Å²) in [7, 11) is -1.65. The summed E-state index contributed by atoms with van der Waals surface area (Å²) in [6.45, 7) is 4.28. The van der Waals surface area contributed by atoms with Crippen LogP contribution in [-0.2, 0) is 9.84 Å². The highest BCUT2D eigenvalue weighted by atomic mass is 35.5. The highest BCUT2D eigenvalue weighted by Crippen LogP contribution is 2.51. The number of sulfone groups is 1. The van der Waals surface area contributed by atoms with E-state index in [0.29, 0.717) is 36.8 Å². The Bertz CT molecular complexity index is 1180. The molecule has 0 aliphatic heterocycles. The molecule has 2 atom stereocenters. The molecule has 3 fully saturated rings. The number of fused-ring (bicyclic) bond motifs is 2. The maximum atomic E-state index is 13.5. The zero-order chi connectivity index (χ0) is 24.1. The second kappa shape index (κ2) is 8.96. The first kappa shape index (κ1) is 24.1. The van der Waals surface area contributed by atoms with E-state index in [4.69, 9.17) is 11.6 Å². The molecule has 5 nitrogen and oxygen atoms in total. The van der Waals surface area contributed by atoms with Crippen molar-refractivity contribution < 1.29 is 22.0 Å². The van der Waals surface area contributed by atoms with E-state index in [1.54, 1.807) is 0 Å². The lowest BCUT2D eigenvalue weighted by molar-refractivity contribution is -0.0374. The molecule has 2 unspecified atom stereocenters. The molecule has 0 radical (unpaired) electrons. The van der Waals surface area contributed by atoms with Crippen molar-refractivity contribution >= 4 is 33.0 Å². The number of carbonyl (C=O) groups is 1. The zero-order valence-electron chi connectivity index (χ0n) is 18.7. The number of amides is 1. The Labute approximate surface area is 198 Å². The summed E-state index contributed by atoms with van der Waals surface area (Å²) in [6, 6.07) is 7.84. The van der Waals surface area contributed by atoms with Crippen LogP contribution < -0.4 is 5.32 Å². The van der Waals surface area contributed by atoms with Gasteiger partial charge in [0.2, 0.25) is 0 Å². The van der Waals surface area contributed by atoms with E-state index in [1.165, 1.54) is 24.3 Å². The highest BCUT2D eigenvalue weighted by molar-refractivity contribution is 7.92. The Morgan fingerprint density at radius 1 is 1.06 bits per heavy atom. The van der Waals surface area contributed by atoms with Crippen LogP contribution in [0.5, 0.6) is 0 Å². The fourth-order valence-electron chi connectivity index (χ4n) is 5.18. The lowest BCUT2D eigenvalue weighted by atomic mass is 9.60. The maximum Gasteiger partial charge on any atom is 0.255 e. The monoisotopic (exact) mass is 496 g/mol. The largest absolute Gasteiger partial charge is 0.322 e. The number of nitrogens with one attached hydrogen (secondary N) is 1. The Hall–Kier alpha value is -2.03. The van der Waals surface area contributed by atoms with Crippen molar-refractivity contribution in [3.8, 4) is 0 Å². The van der Waals surface area contributed by atoms with Crippen LogP contribution in [0.4, 0.5) is 14.5 Å². The van der Waals surface area contributed by atoms with Gasteiger partial charge in [-0.05, 0) is 82.3 Å². The molecule has 1 amide bonds. The van der Waals surface area contributed by atoms with Crippen LogP contribution in [0.2, 0.25) is 5.02 Å². The first-order chi connectivity index (χ1) is 15.5. The molecule has 2 bridgehead atoms. The van der Waals surface area contributed by atoms with Crippen LogP contribution in [0.25, 0.3) is 0 Å². The fraction of sp³-hybridized carbons (Fsp3) is 0.458. The van der Waals surface area contributed by atoms with E-state index in [2.05, 4.69) is 31.1 Å². The van der Waals surface area contributed by atoms with Crippen molar-refractivity contribution in [2.75, 3.05) is 12.4 Å². The number of carbonyl (C=O) groups excluding carboxylic acids is 1. The van der Waals surface area contributed by atoms with Crippen molar-refractivity contribution in [3.05, 3.63) is 58.6 Å². The van der Waals surface area contributed by atoms with Crippen molar-refractivity contribution in [2.45, 2.75) is 55.3 Å². The van der Waals surface area contributed by atoms with E-state index >= 15 is 0 Å². The van der Waals surface area contributed by atoms with Crippen LogP contribution >= 0.6 is 11.6 Å². The average molecular weight is 497 g/mol. The Morgan fingerprint density at radius 2 is 1.73 bits per heavy atom. The summed E-state index contributed by atoms with van der Waals surface area (Å²) in [4.78, 5) is 14.9. The van der Waals surface area contributed by atoms with E-state index in [1.807, 2.05) is 0 Å². The summed E-state index contributed by atoms with van der Waals surface area (Å²) in [6.07, 6.45) is 2.18. The molecule has 3 aliphatic carbocycles. The minimum atomic E-state index is -3.75. The van der Waals surface area contributed by atoms with Crippen molar-refractivity contribution in [2.24, 2.45) is 11.8 Å². The van der Waals surface area contributed by atoms with Gasteiger partial charge in [0.15, 0.2) is 21.5 Å². The van der Waals surface area contributed by atoms with Crippen LogP contribution in [0.15, 0.2) is 41.3 Å². The van der Waals surface area contributed by atoms with Gasteiger partial charge < -0.3 is 10.2 Å². The van der Waals surface area contributed by atoms with Gasteiger partial charge in [0.05, 0.1) is 15.2 Å². The quantitative estimate of drug-likeness (QED) is 0.600. The molecular weight excluding hydrogens is 470 g/mol. The zero-order valence-corrected chi connectivity index (χ0v) is 20.3. The van der Waals surface area contributed by atoms with E-state index in [0.717, 1.165) is 18.6 Å². The molecule has 0 aromatic heterocycles. The molecule has 3 saturated carbocycles. The highest BCUT2D eigenvalue weighted by Gasteiger charge is 2.52. The third kappa shape index (κ3) is 4.53. The minimum Gasteiger partial charge on any atom is -0.322 e. The van der Waals surface area contributed by atoms with Gasteiger partial charge in [-0.15, -0.1) is 0 Å². The standard InChI is InChI=1S/C24H27ClF2N2O3S/c1-13(2)29(3)23-15-8-16(23)10-18(9-15)33(31,32)22-11-14(4-6-19(22)25)24(30)28-17-5-7-20(26)21(27)12-17/h4-7,11-13,15-16,18,23H,8-10H2,1-3H3,(H,28,30)/t15?,16?,18-,23+. The molecule has 2 aromatic carbocycles. The Morgan fingerprint density at radius 3 is 2.33 bits per heavy atom. The number of nitrogens with zero attached hydrogens (tertiary/aromatic N) is 1. The van der Waals surface area contributed by atoms with E-state index in [9.17, 15) is 22.0 Å². The van der Waals surface area contributed by atoms with Crippen LogP contribution in [0.3, 0.4) is 0 Å². The number of hydrogen-bond donors (Lipinski definition) is 1. The second-order valence-corrected chi connectivity index (χ2v) is 12.0. The SMILES string of the molecule is CC(C)N(C)[C@H]1C2CC1C[C@H](S(=O)(=O)c1cc(C(=O)Nc3ccc(F)c(F)c3)ccc1Cl)C2.